The summed E-state index contributed by atoms with van der Waals surface area (Å²) < 4.78 is 0. The molecule has 2 aliphatic heterocycles. The van der Waals surface area contributed by atoms with Gasteiger partial charge in [0, 0.05) is 24.7 Å². The molecule has 2 aliphatic rings. The number of aryl methyl sites for hydroxylation is 1. The van der Waals surface area contributed by atoms with Crippen LogP contribution >= 0.6 is 0 Å². The summed E-state index contributed by atoms with van der Waals surface area (Å²) >= 11 is 0. The topological polar surface area (TPSA) is 43.8 Å². The predicted octanol–water partition coefficient (Wildman–Crippen LogP) is 3.09. The zero-order chi connectivity index (χ0) is 17.9. The third kappa shape index (κ3) is 5.05. The van der Waals surface area contributed by atoms with Crippen LogP contribution < -0.4 is 0 Å². The predicted molar refractivity (Wildman–Crippen MR) is 101 cm³/mol. The van der Waals surface area contributed by atoms with Crippen molar-refractivity contribution in [2.75, 3.05) is 26.2 Å². The van der Waals surface area contributed by atoms with Gasteiger partial charge in [-0.15, -0.1) is 0 Å². The lowest BCUT2D eigenvalue weighted by Gasteiger charge is -2.36. The average molecular weight is 344 g/mol. The SMILES string of the molecule is CC(C)(O)CCc1ccc(C(=O)N2CCC(N3CCCC3)CC2)cc1. The Kier molecular flexibility index (Phi) is 5.80. The number of rotatable bonds is 5. The highest BCUT2D eigenvalue weighted by molar-refractivity contribution is 5.94. The lowest BCUT2D eigenvalue weighted by Crippen LogP contribution is -2.45. The van der Waals surface area contributed by atoms with Crippen molar-refractivity contribution in [2.24, 2.45) is 0 Å². The van der Waals surface area contributed by atoms with Crippen LogP contribution in [0.2, 0.25) is 0 Å². The maximum Gasteiger partial charge on any atom is 0.253 e. The lowest BCUT2D eigenvalue weighted by atomic mass is 9.98. The average Bonchev–Trinajstić information content (AvgIpc) is 3.14. The summed E-state index contributed by atoms with van der Waals surface area (Å²) in [6.45, 7) is 7.89. The highest BCUT2D eigenvalue weighted by Gasteiger charge is 2.28. The molecular formula is C21H32N2O2. The van der Waals surface area contributed by atoms with E-state index in [0.717, 1.165) is 44.3 Å². The molecular weight excluding hydrogens is 312 g/mol. The number of hydrogen-bond donors (Lipinski definition) is 1. The molecule has 4 heteroatoms. The van der Waals surface area contributed by atoms with Crippen LogP contribution in [0.4, 0.5) is 0 Å². The first-order chi connectivity index (χ1) is 11.9. The summed E-state index contributed by atoms with van der Waals surface area (Å²) in [5, 5.41) is 9.83. The Bertz CT molecular complexity index is 563. The van der Waals surface area contributed by atoms with Gasteiger partial charge in [-0.2, -0.15) is 0 Å². The van der Waals surface area contributed by atoms with Crippen LogP contribution in [-0.2, 0) is 6.42 Å². The molecule has 3 rings (SSSR count). The van der Waals surface area contributed by atoms with Gasteiger partial charge in [-0.05, 0) is 83.2 Å². The molecule has 0 saturated carbocycles. The Balaban J connectivity index is 1.51. The van der Waals surface area contributed by atoms with Gasteiger partial charge < -0.3 is 14.9 Å². The Labute approximate surface area is 151 Å². The van der Waals surface area contributed by atoms with Gasteiger partial charge in [0.05, 0.1) is 5.60 Å². The number of amides is 1. The van der Waals surface area contributed by atoms with Gasteiger partial charge in [0.15, 0.2) is 0 Å². The maximum atomic E-state index is 12.7. The molecule has 1 amide bonds. The summed E-state index contributed by atoms with van der Waals surface area (Å²) in [5.41, 5.74) is 1.31. The van der Waals surface area contributed by atoms with E-state index < -0.39 is 5.60 Å². The van der Waals surface area contributed by atoms with Crippen molar-refractivity contribution < 1.29 is 9.90 Å². The molecule has 0 radical (unpaired) electrons. The minimum atomic E-state index is -0.645. The highest BCUT2D eigenvalue weighted by atomic mass is 16.3. The van der Waals surface area contributed by atoms with E-state index in [-0.39, 0.29) is 5.91 Å². The fraction of sp³-hybridized carbons (Fsp3) is 0.667. The summed E-state index contributed by atoms with van der Waals surface area (Å²) in [7, 11) is 0. The van der Waals surface area contributed by atoms with E-state index in [2.05, 4.69) is 4.90 Å². The van der Waals surface area contributed by atoms with Gasteiger partial charge in [0.25, 0.3) is 5.91 Å². The number of benzene rings is 1. The number of carbonyl (C=O) groups is 1. The van der Waals surface area contributed by atoms with Crippen molar-refractivity contribution in [1.29, 1.82) is 0 Å². The van der Waals surface area contributed by atoms with E-state index in [1.54, 1.807) is 0 Å². The second-order valence-electron chi connectivity index (χ2n) is 8.28. The Morgan fingerprint density at radius 1 is 1.08 bits per heavy atom. The minimum absolute atomic E-state index is 0.161. The molecule has 138 valence electrons. The van der Waals surface area contributed by atoms with Gasteiger partial charge in [0.1, 0.15) is 0 Å². The van der Waals surface area contributed by atoms with E-state index in [0.29, 0.717) is 6.04 Å². The Morgan fingerprint density at radius 3 is 2.24 bits per heavy atom. The van der Waals surface area contributed by atoms with Crippen LogP contribution in [-0.4, -0.2) is 58.6 Å². The van der Waals surface area contributed by atoms with Crippen molar-refractivity contribution in [2.45, 2.75) is 64.0 Å². The molecule has 4 nitrogen and oxygen atoms in total. The number of nitrogens with zero attached hydrogens (tertiary/aromatic N) is 2. The van der Waals surface area contributed by atoms with Gasteiger partial charge in [-0.3, -0.25) is 4.79 Å². The second-order valence-corrected chi connectivity index (χ2v) is 8.28. The molecule has 1 N–H and O–H groups in total. The van der Waals surface area contributed by atoms with Crippen LogP contribution in [0.15, 0.2) is 24.3 Å². The molecule has 1 aromatic carbocycles. The van der Waals surface area contributed by atoms with Gasteiger partial charge >= 0.3 is 0 Å². The maximum absolute atomic E-state index is 12.7. The zero-order valence-corrected chi connectivity index (χ0v) is 15.7. The van der Waals surface area contributed by atoms with Gasteiger partial charge in [-0.1, -0.05) is 12.1 Å². The van der Waals surface area contributed by atoms with Crippen molar-refractivity contribution >= 4 is 5.91 Å². The van der Waals surface area contributed by atoms with Gasteiger partial charge in [0.2, 0.25) is 0 Å². The molecule has 0 bridgehead atoms. The van der Waals surface area contributed by atoms with Crippen LogP contribution in [0.5, 0.6) is 0 Å². The highest BCUT2D eigenvalue weighted by Crippen LogP contribution is 2.22. The third-order valence-corrected chi connectivity index (χ3v) is 5.64. The van der Waals surface area contributed by atoms with Crippen molar-refractivity contribution in [3.05, 3.63) is 35.4 Å². The van der Waals surface area contributed by atoms with Crippen molar-refractivity contribution in [3.8, 4) is 0 Å². The smallest absolute Gasteiger partial charge is 0.253 e. The number of aliphatic hydroxyl groups is 1. The van der Waals surface area contributed by atoms with E-state index in [9.17, 15) is 9.90 Å². The lowest BCUT2D eigenvalue weighted by molar-refractivity contribution is 0.0643. The summed E-state index contributed by atoms with van der Waals surface area (Å²) in [5.74, 6) is 0.161. The monoisotopic (exact) mass is 344 g/mol. The Morgan fingerprint density at radius 2 is 1.68 bits per heavy atom. The van der Waals surface area contributed by atoms with Crippen LogP contribution in [0.3, 0.4) is 0 Å². The fourth-order valence-corrected chi connectivity index (χ4v) is 3.99. The fourth-order valence-electron chi connectivity index (χ4n) is 3.99. The van der Waals surface area contributed by atoms with Crippen LogP contribution in [0.1, 0.15) is 61.9 Å². The minimum Gasteiger partial charge on any atom is -0.390 e. The van der Waals surface area contributed by atoms with Crippen LogP contribution in [0, 0.1) is 0 Å². The first-order valence-electron chi connectivity index (χ1n) is 9.77. The molecule has 0 aromatic heterocycles. The quantitative estimate of drug-likeness (QED) is 0.893. The van der Waals surface area contributed by atoms with Gasteiger partial charge in [-0.25, -0.2) is 0 Å². The summed E-state index contributed by atoms with van der Waals surface area (Å²) in [4.78, 5) is 17.4. The molecule has 2 saturated heterocycles. The molecule has 25 heavy (non-hydrogen) atoms. The number of likely N-dealkylation sites (tertiary alicyclic amines) is 2. The Hall–Kier alpha value is -1.39. The molecule has 0 aliphatic carbocycles. The molecule has 2 heterocycles. The first-order valence-corrected chi connectivity index (χ1v) is 9.77. The largest absolute Gasteiger partial charge is 0.390 e. The van der Waals surface area contributed by atoms with Crippen molar-refractivity contribution in [3.63, 3.8) is 0 Å². The number of hydrogen-bond acceptors (Lipinski definition) is 3. The number of piperidine rings is 1. The zero-order valence-electron chi connectivity index (χ0n) is 15.7. The first kappa shape index (κ1) is 18.4. The molecule has 0 unspecified atom stereocenters. The molecule has 0 atom stereocenters. The summed E-state index contributed by atoms with van der Waals surface area (Å²) in [6.07, 6.45) is 6.44. The van der Waals surface area contributed by atoms with E-state index >= 15 is 0 Å². The third-order valence-electron chi connectivity index (χ3n) is 5.64. The molecule has 1 aromatic rings. The normalized spacial score (nSPS) is 20.2. The van der Waals surface area contributed by atoms with E-state index in [1.165, 1.54) is 31.5 Å². The standard InChI is InChI=1S/C21H32N2O2/c1-21(2,25)12-9-17-5-7-18(8-6-17)20(24)23-15-10-19(11-16-23)22-13-3-4-14-22/h5-8,19,25H,3-4,9-16H2,1-2H3. The van der Waals surface area contributed by atoms with Crippen LogP contribution in [0.25, 0.3) is 0 Å². The van der Waals surface area contributed by atoms with E-state index in [4.69, 9.17) is 0 Å². The van der Waals surface area contributed by atoms with E-state index in [1.807, 2.05) is 43.0 Å². The number of carbonyl (C=O) groups excluding carboxylic acids is 1. The van der Waals surface area contributed by atoms with Crippen molar-refractivity contribution in [1.82, 2.24) is 9.80 Å². The molecule has 0 spiro atoms. The second kappa shape index (κ2) is 7.88. The molecule has 2 fully saturated rings. The summed E-state index contributed by atoms with van der Waals surface area (Å²) in [6, 6.07) is 8.60.